The molecular weight excluding hydrogens is 993 g/mol. The van der Waals surface area contributed by atoms with Crippen molar-refractivity contribution in [2.75, 3.05) is 0 Å². The lowest BCUT2D eigenvalue weighted by molar-refractivity contribution is 1.13. The molecule has 0 aliphatic rings. The van der Waals surface area contributed by atoms with Crippen molar-refractivity contribution in [1.82, 2.24) is 18.3 Å². The van der Waals surface area contributed by atoms with Crippen LogP contribution in [-0.4, -0.2) is 18.3 Å². The van der Waals surface area contributed by atoms with Crippen LogP contribution in [0.15, 0.2) is 303 Å². The monoisotopic (exact) mass is 1040 g/mol. The Labute approximate surface area is 473 Å². The summed E-state index contributed by atoms with van der Waals surface area (Å²) in [6.07, 6.45) is 0. The van der Waals surface area contributed by atoms with Crippen LogP contribution in [-0.2, 0) is 0 Å². The second-order valence-corrected chi connectivity index (χ2v) is 21.7. The molecule has 0 N–H and O–H groups in total. The molecule has 13 aromatic carbocycles. The molecule has 382 valence electrons. The predicted octanol–water partition coefficient (Wildman–Crippen LogP) is 20.7. The van der Waals surface area contributed by atoms with E-state index in [4.69, 9.17) is 0 Å². The van der Waals surface area contributed by atoms with Gasteiger partial charge in [0.25, 0.3) is 0 Å². The fourth-order valence-corrected chi connectivity index (χ4v) is 13.3. The third kappa shape index (κ3) is 7.18. The van der Waals surface area contributed by atoms with Gasteiger partial charge in [0, 0.05) is 65.8 Å². The summed E-state index contributed by atoms with van der Waals surface area (Å²) in [5.74, 6) is 0. The number of fused-ring (bicyclic) bond motifs is 12. The van der Waals surface area contributed by atoms with Crippen LogP contribution in [0.2, 0.25) is 0 Å². The highest BCUT2D eigenvalue weighted by molar-refractivity contribution is 6.15. The SMILES string of the molecule is c1ccc(-c2ccc3c(c2)c2cc(-c4ccccc4)ccc2n3-c2ccc3c4ccccc4n(-c4ccc(-n5c6ccccc6c6ccc(-n7c8ccc(-c9ccccc9)cc8c8cc(-c9ccccc9)ccc87)cc65)cc4)c3c2)cc1. The van der Waals surface area contributed by atoms with Crippen LogP contribution in [0.25, 0.3) is 154 Å². The van der Waals surface area contributed by atoms with Gasteiger partial charge < -0.3 is 18.3 Å². The van der Waals surface area contributed by atoms with E-state index in [1.54, 1.807) is 0 Å². The van der Waals surface area contributed by atoms with Crippen LogP contribution in [0.4, 0.5) is 0 Å². The molecule has 0 aliphatic carbocycles. The van der Waals surface area contributed by atoms with E-state index < -0.39 is 0 Å². The van der Waals surface area contributed by atoms with Gasteiger partial charge in [0.2, 0.25) is 0 Å². The van der Waals surface area contributed by atoms with Gasteiger partial charge in [0.1, 0.15) is 0 Å². The average Bonchev–Trinajstić information content (AvgIpc) is 2.90. The van der Waals surface area contributed by atoms with Crippen molar-refractivity contribution in [2.45, 2.75) is 0 Å². The summed E-state index contributed by atoms with van der Waals surface area (Å²) in [4.78, 5) is 0. The molecule has 17 rings (SSSR count). The molecule has 0 amide bonds. The highest BCUT2D eigenvalue weighted by Crippen LogP contribution is 2.43. The van der Waals surface area contributed by atoms with Gasteiger partial charge in [-0.05, 0) is 154 Å². The van der Waals surface area contributed by atoms with E-state index in [9.17, 15) is 0 Å². The first-order valence-electron chi connectivity index (χ1n) is 28.2. The third-order valence-corrected chi connectivity index (χ3v) is 17.2. The Morgan fingerprint density at radius 1 is 0.134 bits per heavy atom. The molecule has 82 heavy (non-hydrogen) atoms. The largest absolute Gasteiger partial charge is 0.309 e. The van der Waals surface area contributed by atoms with E-state index in [0.29, 0.717) is 0 Å². The number of aromatic nitrogens is 4. The van der Waals surface area contributed by atoms with Gasteiger partial charge in [-0.15, -0.1) is 0 Å². The minimum atomic E-state index is 1.10. The van der Waals surface area contributed by atoms with E-state index >= 15 is 0 Å². The van der Waals surface area contributed by atoms with E-state index in [0.717, 1.165) is 33.8 Å². The fraction of sp³-hybridized carbons (Fsp3) is 0. The fourth-order valence-electron chi connectivity index (χ4n) is 13.3. The summed E-state index contributed by atoms with van der Waals surface area (Å²) in [6, 6.07) is 112. The molecule has 0 fully saturated rings. The number of nitrogens with zero attached hydrogens (tertiary/aromatic N) is 4. The number of para-hydroxylation sites is 2. The van der Waals surface area contributed by atoms with Crippen LogP contribution in [0.5, 0.6) is 0 Å². The molecule has 4 heteroatoms. The summed E-state index contributed by atoms with van der Waals surface area (Å²) >= 11 is 0. The maximum atomic E-state index is 2.46. The minimum absolute atomic E-state index is 1.10. The van der Waals surface area contributed by atoms with Gasteiger partial charge >= 0.3 is 0 Å². The van der Waals surface area contributed by atoms with Gasteiger partial charge in [0.05, 0.1) is 44.1 Å². The topological polar surface area (TPSA) is 19.7 Å². The molecule has 0 saturated heterocycles. The van der Waals surface area contributed by atoms with Gasteiger partial charge in [-0.25, -0.2) is 0 Å². The van der Waals surface area contributed by atoms with E-state index in [1.165, 1.54) is 121 Å². The molecule has 0 spiro atoms. The van der Waals surface area contributed by atoms with Gasteiger partial charge in [-0.2, -0.15) is 0 Å². The van der Waals surface area contributed by atoms with Crippen molar-refractivity contribution in [3.63, 3.8) is 0 Å². The lowest BCUT2D eigenvalue weighted by Crippen LogP contribution is -1.99. The van der Waals surface area contributed by atoms with E-state index in [1.807, 2.05) is 0 Å². The van der Waals surface area contributed by atoms with Gasteiger partial charge in [-0.3, -0.25) is 0 Å². The number of rotatable bonds is 8. The number of hydrogen-bond acceptors (Lipinski definition) is 0. The first kappa shape index (κ1) is 46.0. The predicted molar refractivity (Wildman–Crippen MR) is 346 cm³/mol. The van der Waals surface area contributed by atoms with Crippen LogP contribution in [0.1, 0.15) is 0 Å². The smallest absolute Gasteiger partial charge is 0.0561 e. The zero-order valence-electron chi connectivity index (χ0n) is 44.7. The molecule has 4 heterocycles. The lowest BCUT2D eigenvalue weighted by atomic mass is 10.0. The summed E-state index contributed by atoms with van der Waals surface area (Å²) in [7, 11) is 0. The van der Waals surface area contributed by atoms with E-state index in [2.05, 4.69) is 322 Å². The molecule has 0 radical (unpaired) electrons. The first-order chi connectivity index (χ1) is 40.7. The zero-order chi connectivity index (χ0) is 53.8. The van der Waals surface area contributed by atoms with E-state index in [-0.39, 0.29) is 0 Å². The van der Waals surface area contributed by atoms with Crippen molar-refractivity contribution in [3.05, 3.63) is 303 Å². The maximum Gasteiger partial charge on any atom is 0.0561 e. The van der Waals surface area contributed by atoms with Crippen molar-refractivity contribution in [1.29, 1.82) is 0 Å². The number of benzene rings is 13. The highest BCUT2D eigenvalue weighted by atomic mass is 15.0. The Balaban J connectivity index is 0.817. The Morgan fingerprint density at radius 3 is 0.695 bits per heavy atom. The molecule has 4 nitrogen and oxygen atoms in total. The normalized spacial score (nSPS) is 11.9. The highest BCUT2D eigenvalue weighted by Gasteiger charge is 2.21. The Morgan fingerprint density at radius 2 is 0.378 bits per heavy atom. The van der Waals surface area contributed by atoms with Crippen molar-refractivity contribution >= 4 is 87.2 Å². The molecule has 0 bridgehead atoms. The molecule has 0 saturated carbocycles. The summed E-state index contributed by atoms with van der Waals surface area (Å²) < 4.78 is 9.81. The molecular formula is C78H50N4. The zero-order valence-corrected chi connectivity index (χ0v) is 44.7. The minimum Gasteiger partial charge on any atom is -0.309 e. The Bertz CT molecular complexity index is 4820. The van der Waals surface area contributed by atoms with Crippen LogP contribution in [0, 0.1) is 0 Å². The first-order valence-corrected chi connectivity index (χ1v) is 28.2. The summed E-state index contributed by atoms with van der Waals surface area (Å²) in [5.41, 5.74) is 23.4. The molecule has 0 atom stereocenters. The van der Waals surface area contributed by atoms with Crippen LogP contribution >= 0.6 is 0 Å². The van der Waals surface area contributed by atoms with Crippen molar-refractivity contribution in [2.24, 2.45) is 0 Å². The molecule has 0 aliphatic heterocycles. The number of hydrogen-bond donors (Lipinski definition) is 0. The van der Waals surface area contributed by atoms with Crippen LogP contribution < -0.4 is 0 Å². The Kier molecular flexibility index (Phi) is 10.3. The van der Waals surface area contributed by atoms with Crippen LogP contribution in [0.3, 0.4) is 0 Å². The third-order valence-electron chi connectivity index (χ3n) is 17.2. The second-order valence-electron chi connectivity index (χ2n) is 21.7. The standard InChI is InChI=1S/C78H50N4/c1-5-17-51(18-6-1)55-29-41-73-67(45-55)68-46-56(52-19-7-2-8-20-52)30-42-74(68)81(73)61-37-39-65-63-25-13-15-27-71(63)79(77(65)49-61)59-33-35-60(36-34-59)80-72-28-16-14-26-64(72)66-40-38-62(50-78(66)80)82-75-43-31-57(53-21-9-3-10-22-53)47-69(75)70-48-58(32-44-76(70)82)54-23-11-4-12-24-54/h1-50H. The molecule has 4 aromatic heterocycles. The molecule has 17 aromatic rings. The molecule has 0 unspecified atom stereocenters. The Hall–Kier alpha value is -10.9. The van der Waals surface area contributed by atoms with Gasteiger partial charge in [-0.1, -0.05) is 194 Å². The van der Waals surface area contributed by atoms with Crippen molar-refractivity contribution in [3.8, 4) is 67.3 Å². The summed E-state index contributed by atoms with van der Waals surface area (Å²) in [6.45, 7) is 0. The lowest BCUT2D eigenvalue weighted by Gasteiger charge is -2.14. The van der Waals surface area contributed by atoms with Crippen molar-refractivity contribution < 1.29 is 0 Å². The summed E-state index contributed by atoms with van der Waals surface area (Å²) in [5, 5.41) is 9.80. The van der Waals surface area contributed by atoms with Gasteiger partial charge in [0.15, 0.2) is 0 Å². The quantitative estimate of drug-likeness (QED) is 0.145. The maximum absolute atomic E-state index is 2.46. The second kappa shape index (κ2) is 18.3. The average molecular weight is 1040 g/mol.